The molecule has 2 nitrogen and oxygen atoms in total. The van der Waals surface area contributed by atoms with Crippen LogP contribution in [0.1, 0.15) is 33.3 Å². The fourth-order valence-electron chi connectivity index (χ4n) is 2.38. The van der Waals surface area contributed by atoms with Gasteiger partial charge in [-0.25, -0.2) is 0 Å². The maximum Gasteiger partial charge on any atom is 0.209 e. The van der Waals surface area contributed by atoms with Crippen molar-refractivity contribution < 1.29 is 9.37 Å². The molecular formula is C14H18NO+. The van der Waals surface area contributed by atoms with Crippen molar-refractivity contribution in [1.82, 2.24) is 0 Å². The van der Waals surface area contributed by atoms with Crippen LogP contribution in [0.5, 0.6) is 0 Å². The second-order valence-corrected chi connectivity index (χ2v) is 5.02. The van der Waals surface area contributed by atoms with Gasteiger partial charge in [-0.1, -0.05) is 18.2 Å². The lowest BCUT2D eigenvalue weighted by Gasteiger charge is -2.14. The van der Waals surface area contributed by atoms with Crippen LogP contribution in [0.2, 0.25) is 0 Å². The van der Waals surface area contributed by atoms with Crippen molar-refractivity contribution in [2.45, 2.75) is 33.1 Å². The number of hydrogen-bond donors (Lipinski definition) is 0. The molecule has 2 heteroatoms. The topological polar surface area (TPSA) is 20.1 Å². The Bertz CT molecular complexity index is 483. The number of benzene rings is 1. The maximum atomic E-state index is 11.3. The molecule has 0 saturated heterocycles. The number of nitrogens with zero attached hydrogens (tertiary/aromatic N) is 1. The lowest BCUT2D eigenvalue weighted by atomic mass is 9.82. The van der Waals surface area contributed by atoms with Crippen molar-refractivity contribution in [2.75, 3.05) is 6.54 Å². The molecule has 1 aliphatic rings. The van der Waals surface area contributed by atoms with Gasteiger partial charge in [0.2, 0.25) is 12.2 Å². The highest BCUT2D eigenvalue weighted by Crippen LogP contribution is 2.38. The first-order valence-electron chi connectivity index (χ1n) is 5.65. The van der Waals surface area contributed by atoms with Crippen LogP contribution in [0.4, 0.5) is 5.69 Å². The normalized spacial score (nSPS) is 17.5. The van der Waals surface area contributed by atoms with Crippen LogP contribution in [-0.4, -0.2) is 22.6 Å². The summed E-state index contributed by atoms with van der Waals surface area (Å²) in [7, 11) is 0. The Labute approximate surface area is 96.6 Å². The van der Waals surface area contributed by atoms with Crippen LogP contribution >= 0.6 is 0 Å². The number of carbonyl (C=O) groups excluding carboxylic acids is 1. The van der Waals surface area contributed by atoms with E-state index >= 15 is 0 Å². The highest BCUT2D eigenvalue weighted by molar-refractivity contribution is 5.94. The summed E-state index contributed by atoms with van der Waals surface area (Å²) >= 11 is 0. The molecule has 1 aromatic rings. The van der Waals surface area contributed by atoms with Gasteiger partial charge in [-0.05, 0) is 13.8 Å². The van der Waals surface area contributed by atoms with E-state index in [9.17, 15) is 4.79 Å². The summed E-state index contributed by atoms with van der Waals surface area (Å²) in [6.45, 7) is 8.65. The smallest absolute Gasteiger partial charge is 0.209 e. The van der Waals surface area contributed by atoms with Gasteiger partial charge in [-0.15, -0.1) is 0 Å². The minimum Gasteiger partial charge on any atom is -0.293 e. The van der Waals surface area contributed by atoms with Gasteiger partial charge >= 0.3 is 0 Å². The monoisotopic (exact) mass is 216 g/mol. The minimum absolute atomic E-state index is 0.0338. The van der Waals surface area contributed by atoms with Crippen molar-refractivity contribution in [2.24, 2.45) is 0 Å². The second kappa shape index (κ2) is 3.55. The molecule has 0 aromatic heterocycles. The summed E-state index contributed by atoms with van der Waals surface area (Å²) in [5, 5.41) is 0. The van der Waals surface area contributed by atoms with Gasteiger partial charge in [0.1, 0.15) is 0 Å². The molecule has 0 unspecified atom stereocenters. The van der Waals surface area contributed by atoms with E-state index in [4.69, 9.17) is 0 Å². The van der Waals surface area contributed by atoms with E-state index in [1.807, 2.05) is 6.07 Å². The first-order valence-corrected chi connectivity index (χ1v) is 5.65. The van der Waals surface area contributed by atoms with Gasteiger partial charge in [0.05, 0.1) is 5.41 Å². The summed E-state index contributed by atoms with van der Waals surface area (Å²) in [5.74, 6) is 0.201. The highest BCUT2D eigenvalue weighted by atomic mass is 16.1. The van der Waals surface area contributed by atoms with Crippen molar-refractivity contribution >= 4 is 17.2 Å². The van der Waals surface area contributed by atoms with E-state index in [1.54, 1.807) is 6.92 Å². The summed E-state index contributed by atoms with van der Waals surface area (Å²) in [5.41, 5.74) is 3.78. The quantitative estimate of drug-likeness (QED) is 0.696. The molecule has 0 amide bonds. The summed E-state index contributed by atoms with van der Waals surface area (Å²) in [6.07, 6.45) is 0. The predicted molar refractivity (Wildman–Crippen MR) is 65.6 cm³/mol. The van der Waals surface area contributed by atoms with Crippen LogP contribution in [0.15, 0.2) is 24.3 Å². The number of fused-ring (bicyclic) bond motifs is 1. The van der Waals surface area contributed by atoms with E-state index < -0.39 is 0 Å². The lowest BCUT2D eigenvalue weighted by Crippen LogP contribution is -2.27. The third-order valence-electron chi connectivity index (χ3n) is 3.56. The molecule has 0 N–H and O–H groups in total. The Morgan fingerprint density at radius 2 is 1.94 bits per heavy atom. The Morgan fingerprint density at radius 1 is 1.31 bits per heavy atom. The van der Waals surface area contributed by atoms with Crippen LogP contribution < -0.4 is 0 Å². The third-order valence-corrected chi connectivity index (χ3v) is 3.56. The van der Waals surface area contributed by atoms with E-state index in [0.717, 1.165) is 0 Å². The fraction of sp³-hybridized carbons (Fsp3) is 0.429. The molecule has 0 atom stereocenters. The zero-order valence-electron chi connectivity index (χ0n) is 10.4. The lowest BCUT2D eigenvalue weighted by molar-refractivity contribution is -0.426. The molecule has 0 spiro atoms. The highest BCUT2D eigenvalue weighted by Gasteiger charge is 2.42. The molecule has 1 aliphatic heterocycles. The molecule has 1 aromatic carbocycles. The standard InChI is InChI=1S/C14H18NO/c1-10(16)9-15-11(2)14(3,4)12-7-5-6-8-13(12)15/h5-8H,9H2,1-4H3/q+1. The van der Waals surface area contributed by atoms with Crippen LogP contribution in [0.25, 0.3) is 0 Å². The van der Waals surface area contributed by atoms with Gasteiger partial charge in [0, 0.05) is 25.5 Å². The number of carbonyl (C=O) groups is 1. The largest absolute Gasteiger partial charge is 0.293 e. The maximum absolute atomic E-state index is 11.3. The number of ketones is 1. The third kappa shape index (κ3) is 1.49. The number of rotatable bonds is 2. The zero-order chi connectivity index (χ0) is 11.9. The van der Waals surface area contributed by atoms with Crippen molar-refractivity contribution in [3.05, 3.63) is 29.8 Å². The fourth-order valence-corrected chi connectivity index (χ4v) is 2.38. The zero-order valence-corrected chi connectivity index (χ0v) is 10.4. The van der Waals surface area contributed by atoms with Crippen LogP contribution in [0, 0.1) is 0 Å². The molecule has 0 fully saturated rings. The van der Waals surface area contributed by atoms with E-state index in [1.165, 1.54) is 17.0 Å². The van der Waals surface area contributed by atoms with Gasteiger partial charge in [0.15, 0.2) is 11.5 Å². The molecule has 1 heterocycles. The van der Waals surface area contributed by atoms with Crippen LogP contribution in [-0.2, 0) is 10.2 Å². The van der Waals surface area contributed by atoms with E-state index in [0.29, 0.717) is 6.54 Å². The summed E-state index contributed by atoms with van der Waals surface area (Å²) in [4.78, 5) is 11.3. The van der Waals surface area contributed by atoms with Gasteiger partial charge in [-0.3, -0.25) is 4.79 Å². The summed E-state index contributed by atoms with van der Waals surface area (Å²) in [6, 6.07) is 8.33. The Morgan fingerprint density at radius 3 is 2.56 bits per heavy atom. The summed E-state index contributed by atoms with van der Waals surface area (Å²) < 4.78 is 2.14. The van der Waals surface area contributed by atoms with E-state index in [2.05, 4.69) is 43.5 Å². The first-order chi connectivity index (χ1) is 7.44. The molecular weight excluding hydrogens is 198 g/mol. The van der Waals surface area contributed by atoms with Gasteiger partial charge in [0.25, 0.3) is 0 Å². The molecule has 0 bridgehead atoms. The minimum atomic E-state index is 0.0338. The Hall–Kier alpha value is -1.44. The van der Waals surface area contributed by atoms with Crippen LogP contribution in [0.3, 0.4) is 0 Å². The molecule has 0 aliphatic carbocycles. The Balaban J connectivity index is 2.59. The second-order valence-electron chi connectivity index (χ2n) is 5.02. The molecule has 0 radical (unpaired) electrons. The number of hydrogen-bond acceptors (Lipinski definition) is 1. The Kier molecular flexibility index (Phi) is 2.45. The molecule has 16 heavy (non-hydrogen) atoms. The molecule has 2 rings (SSSR count). The average Bonchev–Trinajstić information content (AvgIpc) is 2.41. The van der Waals surface area contributed by atoms with Gasteiger partial charge in [-0.2, -0.15) is 4.58 Å². The average molecular weight is 216 g/mol. The SMILES string of the molecule is CC(=O)C[N+]1=C(C)C(C)(C)c2ccccc21. The predicted octanol–water partition coefficient (Wildman–Crippen LogP) is 2.67. The first kappa shape index (κ1) is 11.1. The number of Topliss-reactive ketones (excluding diaryl/α,β-unsaturated/α-hetero) is 1. The van der Waals surface area contributed by atoms with Crippen molar-refractivity contribution in [3.8, 4) is 0 Å². The van der Waals surface area contributed by atoms with E-state index in [-0.39, 0.29) is 11.2 Å². The molecule has 0 saturated carbocycles. The number of para-hydroxylation sites is 1. The van der Waals surface area contributed by atoms with Crippen molar-refractivity contribution in [3.63, 3.8) is 0 Å². The van der Waals surface area contributed by atoms with Crippen molar-refractivity contribution in [1.29, 1.82) is 0 Å². The molecule has 84 valence electrons. The van der Waals surface area contributed by atoms with Gasteiger partial charge < -0.3 is 0 Å².